The summed E-state index contributed by atoms with van der Waals surface area (Å²) in [5, 5.41) is 0.727. The number of hydrogen-bond donors (Lipinski definition) is 0. The van der Waals surface area contributed by atoms with Crippen molar-refractivity contribution < 1.29 is 0 Å². The van der Waals surface area contributed by atoms with E-state index in [1.807, 2.05) is 24.3 Å². The zero-order valence-electron chi connectivity index (χ0n) is 9.03. The van der Waals surface area contributed by atoms with Gasteiger partial charge < -0.3 is 0 Å². The Bertz CT molecular complexity index is 567. The van der Waals surface area contributed by atoms with Gasteiger partial charge in [0.25, 0.3) is 0 Å². The van der Waals surface area contributed by atoms with Crippen LogP contribution in [-0.4, -0.2) is 9.97 Å². The van der Waals surface area contributed by atoms with Crippen molar-refractivity contribution in [3.05, 3.63) is 45.8 Å². The van der Waals surface area contributed by atoms with Crippen molar-refractivity contribution in [2.45, 2.75) is 18.8 Å². The number of halogens is 2. The maximum atomic E-state index is 5.99. The first kappa shape index (κ1) is 11.2. The van der Waals surface area contributed by atoms with E-state index in [0.717, 1.165) is 22.0 Å². The summed E-state index contributed by atoms with van der Waals surface area (Å²) in [5.74, 6) is 0.618. The molecular formula is C13H10BrClN2. The van der Waals surface area contributed by atoms with Crippen LogP contribution >= 0.6 is 27.5 Å². The van der Waals surface area contributed by atoms with Crippen LogP contribution in [-0.2, 0) is 0 Å². The average molecular weight is 310 g/mol. The van der Waals surface area contributed by atoms with Gasteiger partial charge in [0.05, 0.1) is 5.69 Å². The maximum absolute atomic E-state index is 5.99. The molecule has 2 aromatic rings. The Morgan fingerprint density at radius 3 is 2.71 bits per heavy atom. The number of nitrogens with zero attached hydrogens (tertiary/aromatic N) is 2. The van der Waals surface area contributed by atoms with Crippen LogP contribution in [0.15, 0.2) is 35.1 Å². The summed E-state index contributed by atoms with van der Waals surface area (Å²) in [6.45, 7) is 0. The van der Waals surface area contributed by atoms with E-state index >= 15 is 0 Å². The molecule has 4 heteroatoms. The monoisotopic (exact) mass is 308 g/mol. The summed E-state index contributed by atoms with van der Waals surface area (Å²) in [6, 6.07) is 9.80. The van der Waals surface area contributed by atoms with E-state index in [0.29, 0.717) is 10.7 Å². The highest BCUT2D eigenvalue weighted by molar-refractivity contribution is 9.10. The summed E-state index contributed by atoms with van der Waals surface area (Å²) in [6.07, 6.45) is 2.47. The van der Waals surface area contributed by atoms with E-state index in [4.69, 9.17) is 11.6 Å². The van der Waals surface area contributed by atoms with Crippen LogP contribution in [0.5, 0.6) is 0 Å². The lowest BCUT2D eigenvalue weighted by Gasteiger charge is -2.05. The molecule has 0 unspecified atom stereocenters. The molecule has 2 nitrogen and oxygen atoms in total. The van der Waals surface area contributed by atoms with Crippen molar-refractivity contribution in [2.75, 3.05) is 0 Å². The van der Waals surface area contributed by atoms with E-state index in [9.17, 15) is 0 Å². The Balaban J connectivity index is 2.07. The number of benzene rings is 1. The molecule has 1 aliphatic carbocycles. The predicted octanol–water partition coefficient (Wildman–Crippen LogP) is 4.44. The average Bonchev–Trinajstić information content (AvgIpc) is 3.12. The largest absolute Gasteiger partial charge is 0.227 e. The van der Waals surface area contributed by atoms with Gasteiger partial charge in [0.1, 0.15) is 0 Å². The van der Waals surface area contributed by atoms with Crippen molar-refractivity contribution in [2.24, 2.45) is 0 Å². The van der Waals surface area contributed by atoms with Gasteiger partial charge in [-0.15, -0.1) is 0 Å². The summed E-state index contributed by atoms with van der Waals surface area (Å²) < 4.78 is 0.650. The lowest BCUT2D eigenvalue weighted by Crippen LogP contribution is -1.93. The van der Waals surface area contributed by atoms with Crippen LogP contribution in [0, 0.1) is 0 Å². The molecule has 1 aromatic carbocycles. The molecule has 1 aliphatic rings. The molecule has 0 radical (unpaired) electrons. The van der Waals surface area contributed by atoms with Gasteiger partial charge in [-0.05, 0) is 47.0 Å². The number of hydrogen-bond acceptors (Lipinski definition) is 2. The highest BCUT2D eigenvalue weighted by Gasteiger charge is 2.26. The Labute approximate surface area is 113 Å². The molecule has 17 heavy (non-hydrogen) atoms. The maximum Gasteiger partial charge on any atom is 0.197 e. The molecule has 86 valence electrons. The first-order chi connectivity index (χ1) is 8.22. The third-order valence-electron chi connectivity index (χ3n) is 2.83. The molecule has 3 rings (SSSR count). The van der Waals surface area contributed by atoms with E-state index in [1.165, 1.54) is 12.8 Å². The van der Waals surface area contributed by atoms with Gasteiger partial charge in [-0.2, -0.15) is 0 Å². The van der Waals surface area contributed by atoms with Crippen molar-refractivity contribution in [1.82, 2.24) is 9.97 Å². The van der Waals surface area contributed by atoms with Gasteiger partial charge in [0.15, 0.2) is 4.73 Å². The van der Waals surface area contributed by atoms with E-state index in [-0.39, 0.29) is 0 Å². The van der Waals surface area contributed by atoms with Gasteiger partial charge in [0.2, 0.25) is 0 Å². The van der Waals surface area contributed by atoms with Crippen molar-refractivity contribution in [3.8, 4) is 11.3 Å². The molecule has 0 bridgehead atoms. The molecular weight excluding hydrogens is 300 g/mol. The zero-order valence-corrected chi connectivity index (χ0v) is 11.4. The van der Waals surface area contributed by atoms with Crippen molar-refractivity contribution >= 4 is 27.5 Å². The van der Waals surface area contributed by atoms with Crippen LogP contribution in [0.1, 0.15) is 24.5 Å². The second-order valence-corrected chi connectivity index (χ2v) is 5.38. The Kier molecular flexibility index (Phi) is 2.89. The van der Waals surface area contributed by atoms with Crippen LogP contribution in [0.4, 0.5) is 0 Å². The van der Waals surface area contributed by atoms with Gasteiger partial charge in [-0.1, -0.05) is 23.7 Å². The fraction of sp³-hybridized carbons (Fsp3) is 0.231. The summed E-state index contributed by atoms with van der Waals surface area (Å²) in [4.78, 5) is 8.82. The van der Waals surface area contributed by atoms with Crippen molar-refractivity contribution in [1.29, 1.82) is 0 Å². The predicted molar refractivity (Wildman–Crippen MR) is 72.2 cm³/mol. The molecule has 1 saturated carbocycles. The molecule has 1 aromatic heterocycles. The molecule has 1 fully saturated rings. The molecule has 0 N–H and O–H groups in total. The smallest absolute Gasteiger partial charge is 0.197 e. The number of aromatic nitrogens is 2. The molecule has 0 amide bonds. The topological polar surface area (TPSA) is 25.8 Å². The second kappa shape index (κ2) is 4.39. The third kappa shape index (κ3) is 2.50. The fourth-order valence-electron chi connectivity index (χ4n) is 1.82. The van der Waals surface area contributed by atoms with E-state index in [1.54, 1.807) is 0 Å². The van der Waals surface area contributed by atoms with Crippen LogP contribution in [0.2, 0.25) is 5.02 Å². The van der Waals surface area contributed by atoms with E-state index < -0.39 is 0 Å². The molecule has 0 spiro atoms. The Morgan fingerprint density at radius 1 is 1.18 bits per heavy atom. The lowest BCUT2D eigenvalue weighted by atomic mass is 10.1. The molecule has 0 atom stereocenters. The number of rotatable bonds is 2. The fourth-order valence-corrected chi connectivity index (χ4v) is 2.41. The highest BCUT2D eigenvalue weighted by Crippen LogP contribution is 2.40. The Hall–Kier alpha value is -0.930. The zero-order chi connectivity index (χ0) is 11.8. The van der Waals surface area contributed by atoms with E-state index in [2.05, 4.69) is 32.0 Å². The highest BCUT2D eigenvalue weighted by atomic mass is 79.9. The summed E-state index contributed by atoms with van der Waals surface area (Å²) >= 11 is 9.36. The summed E-state index contributed by atoms with van der Waals surface area (Å²) in [5.41, 5.74) is 3.08. The minimum absolute atomic E-state index is 0.618. The molecule has 1 heterocycles. The van der Waals surface area contributed by atoms with Gasteiger partial charge >= 0.3 is 0 Å². The summed E-state index contributed by atoms with van der Waals surface area (Å²) in [7, 11) is 0. The van der Waals surface area contributed by atoms with Crippen LogP contribution in [0.25, 0.3) is 11.3 Å². The first-order valence-electron chi connectivity index (χ1n) is 5.53. The minimum Gasteiger partial charge on any atom is -0.227 e. The third-order valence-corrected chi connectivity index (χ3v) is 3.42. The van der Waals surface area contributed by atoms with Crippen molar-refractivity contribution in [3.63, 3.8) is 0 Å². The van der Waals surface area contributed by atoms with Crippen LogP contribution < -0.4 is 0 Å². The minimum atomic E-state index is 0.618. The quantitative estimate of drug-likeness (QED) is 0.767. The van der Waals surface area contributed by atoms with Gasteiger partial charge in [-0.3, -0.25) is 0 Å². The normalized spacial score (nSPS) is 14.9. The second-order valence-electron chi connectivity index (χ2n) is 4.23. The lowest BCUT2D eigenvalue weighted by molar-refractivity contribution is 0.966. The van der Waals surface area contributed by atoms with Crippen LogP contribution in [0.3, 0.4) is 0 Å². The standard InChI is InChI=1S/C13H10BrClN2/c14-13-16-11(8-4-5-8)7-12(17-13)9-2-1-3-10(15)6-9/h1-3,6-8H,4-5H2. The molecule has 0 saturated heterocycles. The molecule has 0 aliphatic heterocycles. The Morgan fingerprint density at radius 2 is 2.00 bits per heavy atom. The SMILES string of the molecule is Clc1cccc(-c2cc(C3CC3)nc(Br)n2)c1. The van der Waals surface area contributed by atoms with Gasteiger partial charge in [0, 0.05) is 22.2 Å². The van der Waals surface area contributed by atoms with Gasteiger partial charge in [-0.25, -0.2) is 9.97 Å². The first-order valence-corrected chi connectivity index (χ1v) is 6.70.